The van der Waals surface area contributed by atoms with Crippen LogP contribution >= 0.6 is 0 Å². The molecule has 4 nitrogen and oxygen atoms in total. The van der Waals surface area contributed by atoms with Crippen LogP contribution in [-0.2, 0) is 11.3 Å². The lowest BCUT2D eigenvalue weighted by Gasteiger charge is -2.16. The van der Waals surface area contributed by atoms with E-state index in [1.807, 2.05) is 12.1 Å². The molecule has 0 aliphatic carbocycles. The first-order valence-electron chi connectivity index (χ1n) is 7.36. The van der Waals surface area contributed by atoms with Gasteiger partial charge in [0.2, 0.25) is 0 Å². The molecule has 1 N–H and O–H groups in total. The zero-order chi connectivity index (χ0) is 14.6. The third-order valence-electron chi connectivity index (χ3n) is 3.05. The molecule has 0 aliphatic rings. The highest BCUT2D eigenvalue weighted by Gasteiger charge is 1.99. The molecule has 0 aliphatic heterocycles. The standard InChI is InChI=1S/C16H28N2O2/c1-4-11-20-16-7-5-6-15(13-16)14-17-8-9-18(2)10-12-19-3/h5-7,13,17H,4,8-12,14H2,1-3H3. The van der Waals surface area contributed by atoms with Gasteiger partial charge in [-0.05, 0) is 31.2 Å². The summed E-state index contributed by atoms with van der Waals surface area (Å²) in [6.45, 7) is 7.52. The van der Waals surface area contributed by atoms with Crippen molar-refractivity contribution in [2.75, 3.05) is 47.0 Å². The summed E-state index contributed by atoms with van der Waals surface area (Å²) in [4.78, 5) is 2.26. The van der Waals surface area contributed by atoms with Gasteiger partial charge < -0.3 is 19.7 Å². The Hall–Kier alpha value is -1.10. The number of hydrogen-bond acceptors (Lipinski definition) is 4. The van der Waals surface area contributed by atoms with E-state index in [2.05, 4.69) is 36.3 Å². The Morgan fingerprint density at radius 3 is 2.80 bits per heavy atom. The molecule has 1 rings (SSSR count). The Kier molecular flexibility index (Phi) is 9.04. The van der Waals surface area contributed by atoms with E-state index in [0.29, 0.717) is 0 Å². The second kappa shape index (κ2) is 10.7. The third kappa shape index (κ3) is 7.48. The predicted octanol–water partition coefficient (Wildman–Crippen LogP) is 2.14. The number of nitrogens with one attached hydrogen (secondary N) is 1. The number of nitrogens with zero attached hydrogens (tertiary/aromatic N) is 1. The van der Waals surface area contributed by atoms with Crippen LogP contribution in [0.2, 0.25) is 0 Å². The smallest absolute Gasteiger partial charge is 0.119 e. The number of hydrogen-bond donors (Lipinski definition) is 1. The Morgan fingerprint density at radius 2 is 2.05 bits per heavy atom. The maximum absolute atomic E-state index is 5.63. The van der Waals surface area contributed by atoms with Crippen molar-refractivity contribution in [2.24, 2.45) is 0 Å². The number of ether oxygens (including phenoxy) is 2. The molecule has 114 valence electrons. The zero-order valence-corrected chi connectivity index (χ0v) is 13.0. The van der Waals surface area contributed by atoms with Gasteiger partial charge in [0, 0.05) is 33.3 Å². The van der Waals surface area contributed by atoms with Gasteiger partial charge >= 0.3 is 0 Å². The minimum absolute atomic E-state index is 0.779. The Morgan fingerprint density at radius 1 is 1.20 bits per heavy atom. The highest BCUT2D eigenvalue weighted by Crippen LogP contribution is 2.13. The maximum Gasteiger partial charge on any atom is 0.119 e. The van der Waals surface area contributed by atoms with Crippen LogP contribution in [0, 0.1) is 0 Å². The molecular weight excluding hydrogens is 252 g/mol. The first-order chi connectivity index (χ1) is 9.76. The molecule has 4 heteroatoms. The molecule has 1 aromatic carbocycles. The van der Waals surface area contributed by atoms with Crippen LogP contribution in [0.25, 0.3) is 0 Å². The summed E-state index contributed by atoms with van der Waals surface area (Å²) >= 11 is 0. The van der Waals surface area contributed by atoms with Crippen molar-refractivity contribution >= 4 is 0 Å². The Labute approximate surface area is 123 Å². The van der Waals surface area contributed by atoms with Gasteiger partial charge in [0.1, 0.15) is 5.75 Å². The highest BCUT2D eigenvalue weighted by atomic mass is 16.5. The summed E-state index contributed by atoms with van der Waals surface area (Å²) in [5, 5.41) is 3.45. The molecule has 0 heterocycles. The van der Waals surface area contributed by atoms with Gasteiger partial charge in [-0.15, -0.1) is 0 Å². The van der Waals surface area contributed by atoms with Crippen molar-refractivity contribution in [3.63, 3.8) is 0 Å². The molecule has 0 bridgehead atoms. The summed E-state index contributed by atoms with van der Waals surface area (Å²) in [5.74, 6) is 0.961. The third-order valence-corrected chi connectivity index (χ3v) is 3.05. The van der Waals surface area contributed by atoms with Crippen molar-refractivity contribution in [1.82, 2.24) is 10.2 Å². The van der Waals surface area contributed by atoms with Crippen molar-refractivity contribution in [1.29, 1.82) is 0 Å². The molecule has 0 saturated carbocycles. The zero-order valence-electron chi connectivity index (χ0n) is 13.0. The first kappa shape index (κ1) is 17.0. The number of likely N-dealkylation sites (N-methyl/N-ethyl adjacent to an activating group) is 1. The lowest BCUT2D eigenvalue weighted by atomic mass is 10.2. The van der Waals surface area contributed by atoms with Crippen LogP contribution in [0.3, 0.4) is 0 Å². The van der Waals surface area contributed by atoms with Crippen LogP contribution in [-0.4, -0.2) is 51.9 Å². The Bertz CT molecular complexity index is 358. The van der Waals surface area contributed by atoms with Crippen LogP contribution in [0.5, 0.6) is 5.75 Å². The van der Waals surface area contributed by atoms with Crippen LogP contribution < -0.4 is 10.1 Å². The van der Waals surface area contributed by atoms with Crippen molar-refractivity contribution < 1.29 is 9.47 Å². The van der Waals surface area contributed by atoms with Crippen LogP contribution in [0.4, 0.5) is 0 Å². The molecule has 0 atom stereocenters. The number of rotatable bonds is 11. The van der Waals surface area contributed by atoms with Gasteiger partial charge in [0.15, 0.2) is 0 Å². The molecule has 0 saturated heterocycles. The van der Waals surface area contributed by atoms with Gasteiger partial charge in [-0.25, -0.2) is 0 Å². The normalized spacial score (nSPS) is 11.0. The first-order valence-corrected chi connectivity index (χ1v) is 7.36. The topological polar surface area (TPSA) is 33.7 Å². The van der Waals surface area contributed by atoms with Gasteiger partial charge in [-0.2, -0.15) is 0 Å². The summed E-state index contributed by atoms with van der Waals surface area (Å²) in [6.07, 6.45) is 1.04. The van der Waals surface area contributed by atoms with Crippen LogP contribution in [0.15, 0.2) is 24.3 Å². The van der Waals surface area contributed by atoms with E-state index in [9.17, 15) is 0 Å². The van der Waals surface area contributed by atoms with Gasteiger partial charge in [-0.1, -0.05) is 19.1 Å². The van der Waals surface area contributed by atoms with Crippen molar-refractivity contribution in [3.8, 4) is 5.75 Å². The predicted molar refractivity (Wildman–Crippen MR) is 83.3 cm³/mol. The molecule has 1 aromatic rings. The van der Waals surface area contributed by atoms with E-state index in [1.165, 1.54) is 5.56 Å². The van der Waals surface area contributed by atoms with E-state index in [4.69, 9.17) is 9.47 Å². The molecule has 0 radical (unpaired) electrons. The minimum atomic E-state index is 0.779. The summed E-state index contributed by atoms with van der Waals surface area (Å²) in [6, 6.07) is 8.29. The quantitative estimate of drug-likeness (QED) is 0.630. The van der Waals surface area contributed by atoms with Crippen LogP contribution in [0.1, 0.15) is 18.9 Å². The minimum Gasteiger partial charge on any atom is -0.494 e. The Balaban J connectivity index is 2.21. The second-order valence-corrected chi connectivity index (χ2v) is 4.97. The molecule has 0 fully saturated rings. The largest absolute Gasteiger partial charge is 0.494 e. The van der Waals surface area contributed by atoms with E-state index in [0.717, 1.165) is 51.6 Å². The maximum atomic E-state index is 5.63. The van der Waals surface area contributed by atoms with Gasteiger partial charge in [-0.3, -0.25) is 0 Å². The van der Waals surface area contributed by atoms with Gasteiger partial charge in [0.05, 0.1) is 13.2 Å². The average molecular weight is 280 g/mol. The van der Waals surface area contributed by atoms with Crippen molar-refractivity contribution in [3.05, 3.63) is 29.8 Å². The van der Waals surface area contributed by atoms with Gasteiger partial charge in [0.25, 0.3) is 0 Å². The van der Waals surface area contributed by atoms with E-state index in [1.54, 1.807) is 7.11 Å². The van der Waals surface area contributed by atoms with Crippen molar-refractivity contribution in [2.45, 2.75) is 19.9 Å². The number of methoxy groups -OCH3 is 1. The lowest BCUT2D eigenvalue weighted by Crippen LogP contribution is -2.31. The molecule has 0 amide bonds. The molecule has 0 unspecified atom stereocenters. The fourth-order valence-corrected chi connectivity index (χ4v) is 1.83. The van der Waals surface area contributed by atoms with E-state index < -0.39 is 0 Å². The fraction of sp³-hybridized carbons (Fsp3) is 0.625. The highest BCUT2D eigenvalue weighted by molar-refractivity contribution is 5.28. The van der Waals surface area contributed by atoms with E-state index in [-0.39, 0.29) is 0 Å². The summed E-state index contributed by atoms with van der Waals surface area (Å²) in [5.41, 5.74) is 1.26. The average Bonchev–Trinajstić information content (AvgIpc) is 2.48. The molecule has 0 spiro atoms. The molecular formula is C16H28N2O2. The summed E-state index contributed by atoms with van der Waals surface area (Å²) in [7, 11) is 3.85. The summed E-state index contributed by atoms with van der Waals surface area (Å²) < 4.78 is 10.7. The number of benzene rings is 1. The SMILES string of the molecule is CCCOc1cccc(CNCCN(C)CCOC)c1. The monoisotopic (exact) mass is 280 g/mol. The molecule has 20 heavy (non-hydrogen) atoms. The fourth-order valence-electron chi connectivity index (χ4n) is 1.83. The lowest BCUT2D eigenvalue weighted by molar-refractivity contribution is 0.161. The van der Waals surface area contributed by atoms with E-state index >= 15 is 0 Å². The second-order valence-electron chi connectivity index (χ2n) is 4.97. The molecule has 0 aromatic heterocycles.